The van der Waals surface area contributed by atoms with Crippen LogP contribution in [0.5, 0.6) is 0 Å². The molecule has 3 rings (SSSR count). The molecule has 0 radical (unpaired) electrons. The second-order valence-corrected chi connectivity index (χ2v) is 17.1. The van der Waals surface area contributed by atoms with Crippen LogP contribution in [0, 0.1) is 0 Å². The molecule has 1 amide bonds. The maximum absolute atomic E-state index is 12.8. The van der Waals surface area contributed by atoms with Gasteiger partial charge >= 0.3 is 0 Å². The summed E-state index contributed by atoms with van der Waals surface area (Å²) in [5.41, 5.74) is 3.04. The van der Waals surface area contributed by atoms with Crippen LogP contribution in [0.4, 0.5) is 0 Å². The van der Waals surface area contributed by atoms with Crippen molar-refractivity contribution in [3.63, 3.8) is 0 Å². The zero-order valence-electron chi connectivity index (χ0n) is 16.7. The number of benzene rings is 1. The largest absolute Gasteiger partial charge is 0.357 e. The van der Waals surface area contributed by atoms with Gasteiger partial charge in [-0.05, 0) is 30.2 Å². The lowest BCUT2D eigenvalue weighted by Crippen LogP contribution is -2.50. The number of nitrogens with zero attached hydrogens (tertiary/aromatic N) is 1. The van der Waals surface area contributed by atoms with E-state index in [0.717, 1.165) is 26.6 Å². The molecule has 2 aromatic rings. The predicted octanol–water partition coefficient (Wildman–Crippen LogP) is 3.35. The predicted molar refractivity (Wildman–Crippen MR) is 120 cm³/mol. The van der Waals surface area contributed by atoms with Crippen molar-refractivity contribution in [3.8, 4) is 0 Å². The summed E-state index contributed by atoms with van der Waals surface area (Å²) >= 11 is 3.53. The number of fused-ring (bicyclic) bond motifs is 3. The third kappa shape index (κ3) is 4.94. The average molecular weight is 487 g/mol. The first-order valence-electron chi connectivity index (χ1n) is 9.43. The minimum atomic E-state index is -1.50. The van der Waals surface area contributed by atoms with E-state index in [2.05, 4.69) is 51.9 Å². The highest BCUT2D eigenvalue weighted by Gasteiger charge is 2.37. The third-order valence-corrected chi connectivity index (χ3v) is 10.8. The van der Waals surface area contributed by atoms with E-state index in [9.17, 15) is 14.2 Å². The van der Waals surface area contributed by atoms with E-state index >= 15 is 0 Å². The Morgan fingerprint density at radius 2 is 2.18 bits per heavy atom. The van der Waals surface area contributed by atoms with E-state index in [1.54, 1.807) is 0 Å². The minimum absolute atomic E-state index is 0.186. The number of aromatic amines is 1. The van der Waals surface area contributed by atoms with E-state index in [1.807, 2.05) is 12.1 Å². The first-order valence-corrected chi connectivity index (χ1v) is 15.4. The van der Waals surface area contributed by atoms with Crippen molar-refractivity contribution in [1.82, 2.24) is 15.4 Å². The molecular formula is C19H28BrN3O3SSi. The number of rotatable bonds is 6. The molecule has 0 aliphatic carbocycles. The van der Waals surface area contributed by atoms with E-state index < -0.39 is 31.0 Å². The number of carbonyl (C=O) groups excluding carboxylic acids is 1. The van der Waals surface area contributed by atoms with Gasteiger partial charge in [-0.2, -0.15) is 5.06 Å². The summed E-state index contributed by atoms with van der Waals surface area (Å²) in [5, 5.41) is 16.7. The van der Waals surface area contributed by atoms with Gasteiger partial charge in [0, 0.05) is 56.5 Å². The minimum Gasteiger partial charge on any atom is -0.357 e. The van der Waals surface area contributed by atoms with E-state index in [0.29, 0.717) is 24.1 Å². The summed E-state index contributed by atoms with van der Waals surface area (Å²) < 4.78 is 13.8. The summed E-state index contributed by atoms with van der Waals surface area (Å²) in [6.07, 6.45) is 0.712. The van der Waals surface area contributed by atoms with E-state index in [1.165, 1.54) is 12.0 Å². The second kappa shape index (κ2) is 8.39. The lowest BCUT2D eigenvalue weighted by molar-refractivity contribution is -0.144. The maximum atomic E-state index is 12.8. The topological polar surface area (TPSA) is 85.4 Å². The summed E-state index contributed by atoms with van der Waals surface area (Å²) in [5.74, 6) is 0.138. The standard InChI is InChI=1S/C19H28BrN3O3SSi/c1-12(24)21-17(10-27(26)11-28(2,3)4)19-18-14(7-8-23(19)25)15-9-13(20)5-6-16(15)22-18/h5-6,9,17,19,22,25H,7-8,10-11H2,1-4H3,(H,21,24). The van der Waals surface area contributed by atoms with Crippen molar-refractivity contribution >= 4 is 51.6 Å². The first kappa shape index (κ1) is 21.7. The van der Waals surface area contributed by atoms with Crippen molar-refractivity contribution in [2.75, 3.05) is 17.7 Å². The normalized spacial score (nSPS) is 20.0. The Balaban J connectivity index is 1.99. The Kier molecular flexibility index (Phi) is 6.50. The summed E-state index contributed by atoms with van der Waals surface area (Å²) in [4.78, 5) is 15.3. The summed E-state index contributed by atoms with van der Waals surface area (Å²) in [6.45, 7) is 8.48. The molecule has 0 saturated carbocycles. The molecule has 0 saturated heterocycles. The SMILES string of the molecule is CC(=O)NC(CS(=O)C[Si](C)(C)C)C1c2[nH]c3ccc(Br)cc3c2CCN1O. The number of nitrogens with one attached hydrogen (secondary N) is 2. The molecule has 3 unspecified atom stereocenters. The molecule has 28 heavy (non-hydrogen) atoms. The van der Waals surface area contributed by atoms with Gasteiger partial charge in [0.05, 0.1) is 20.2 Å². The van der Waals surface area contributed by atoms with Gasteiger partial charge in [0.25, 0.3) is 0 Å². The number of hydroxylamine groups is 2. The van der Waals surface area contributed by atoms with Crippen molar-refractivity contribution in [1.29, 1.82) is 0 Å². The molecular weight excluding hydrogens is 458 g/mol. The zero-order valence-corrected chi connectivity index (χ0v) is 20.1. The van der Waals surface area contributed by atoms with Gasteiger partial charge in [-0.15, -0.1) is 0 Å². The Morgan fingerprint density at radius 1 is 1.46 bits per heavy atom. The molecule has 0 spiro atoms. The van der Waals surface area contributed by atoms with Crippen LogP contribution in [0.25, 0.3) is 10.9 Å². The average Bonchev–Trinajstić information content (AvgIpc) is 2.89. The number of halogens is 1. The monoisotopic (exact) mass is 485 g/mol. The van der Waals surface area contributed by atoms with Gasteiger partial charge in [0.15, 0.2) is 0 Å². The van der Waals surface area contributed by atoms with Gasteiger partial charge < -0.3 is 15.5 Å². The van der Waals surface area contributed by atoms with Crippen LogP contribution in [-0.4, -0.2) is 57.2 Å². The van der Waals surface area contributed by atoms with Gasteiger partial charge in [0.1, 0.15) is 0 Å². The van der Waals surface area contributed by atoms with Crippen LogP contribution in [0.2, 0.25) is 19.6 Å². The Hall–Kier alpha value is -1.00. The van der Waals surface area contributed by atoms with Gasteiger partial charge in [-0.3, -0.25) is 9.00 Å². The van der Waals surface area contributed by atoms with Gasteiger partial charge in [-0.1, -0.05) is 35.6 Å². The summed E-state index contributed by atoms with van der Waals surface area (Å²) in [6, 6.07) is 5.17. The van der Waals surface area contributed by atoms with Crippen LogP contribution in [0.1, 0.15) is 24.2 Å². The van der Waals surface area contributed by atoms with Crippen molar-refractivity contribution in [2.24, 2.45) is 0 Å². The first-order chi connectivity index (χ1) is 13.0. The van der Waals surface area contributed by atoms with Crippen LogP contribution in [0.3, 0.4) is 0 Å². The van der Waals surface area contributed by atoms with Gasteiger partial charge in [0.2, 0.25) is 5.91 Å². The molecule has 3 N–H and O–H groups in total. The molecule has 3 atom stereocenters. The molecule has 6 nitrogen and oxygen atoms in total. The Labute approximate surface area is 177 Å². The molecule has 1 aromatic heterocycles. The highest BCUT2D eigenvalue weighted by Crippen LogP contribution is 2.36. The number of hydrogen-bond donors (Lipinski definition) is 3. The lowest BCUT2D eigenvalue weighted by Gasteiger charge is -2.36. The molecule has 9 heteroatoms. The highest BCUT2D eigenvalue weighted by molar-refractivity contribution is 9.10. The van der Waals surface area contributed by atoms with Crippen LogP contribution in [-0.2, 0) is 22.0 Å². The van der Waals surface area contributed by atoms with Gasteiger partial charge in [-0.25, -0.2) is 0 Å². The maximum Gasteiger partial charge on any atom is 0.217 e. The molecule has 1 aromatic carbocycles. The van der Waals surface area contributed by atoms with Crippen LogP contribution in [0.15, 0.2) is 22.7 Å². The molecule has 1 aliphatic rings. The fraction of sp³-hybridized carbons (Fsp3) is 0.526. The van der Waals surface area contributed by atoms with Crippen LogP contribution >= 0.6 is 15.9 Å². The van der Waals surface area contributed by atoms with Crippen molar-refractivity contribution in [2.45, 2.75) is 45.1 Å². The van der Waals surface area contributed by atoms with E-state index in [4.69, 9.17) is 0 Å². The summed E-state index contributed by atoms with van der Waals surface area (Å²) in [7, 11) is -2.56. The molecule has 0 fully saturated rings. The number of carbonyl (C=O) groups is 1. The number of amides is 1. The fourth-order valence-corrected chi connectivity index (χ4v) is 9.26. The molecule has 0 bridgehead atoms. The fourth-order valence-electron chi connectivity index (χ4n) is 3.90. The Bertz CT molecular complexity index is 912. The molecule has 154 valence electrons. The van der Waals surface area contributed by atoms with E-state index in [-0.39, 0.29) is 5.91 Å². The van der Waals surface area contributed by atoms with Crippen LogP contribution < -0.4 is 5.32 Å². The highest BCUT2D eigenvalue weighted by atomic mass is 79.9. The number of H-pyrrole nitrogens is 1. The number of hydrogen-bond acceptors (Lipinski definition) is 4. The number of aromatic nitrogens is 1. The smallest absolute Gasteiger partial charge is 0.217 e. The lowest BCUT2D eigenvalue weighted by atomic mass is 9.94. The Morgan fingerprint density at radius 3 is 2.82 bits per heavy atom. The van der Waals surface area contributed by atoms with Crippen molar-refractivity contribution < 1.29 is 14.2 Å². The van der Waals surface area contributed by atoms with Crippen molar-refractivity contribution in [3.05, 3.63) is 33.9 Å². The zero-order chi connectivity index (χ0) is 20.6. The molecule has 2 heterocycles. The quantitative estimate of drug-likeness (QED) is 0.547. The molecule has 1 aliphatic heterocycles. The third-order valence-electron chi connectivity index (χ3n) is 4.84. The second-order valence-electron chi connectivity index (χ2n) is 8.68.